The molecular weight excluding hydrogens is 250 g/mol. The summed E-state index contributed by atoms with van der Waals surface area (Å²) in [7, 11) is 0. The van der Waals surface area contributed by atoms with Crippen LogP contribution in [-0.4, -0.2) is 22.6 Å². The molecule has 0 aliphatic rings. The summed E-state index contributed by atoms with van der Waals surface area (Å²) in [6.07, 6.45) is 7.36. The minimum absolute atomic E-state index is 0.264. The van der Waals surface area contributed by atoms with Crippen LogP contribution in [0.15, 0.2) is 35.5 Å². The van der Waals surface area contributed by atoms with Crippen LogP contribution in [0.3, 0.4) is 0 Å². The summed E-state index contributed by atoms with van der Waals surface area (Å²) < 4.78 is 0. The summed E-state index contributed by atoms with van der Waals surface area (Å²) in [6, 6.07) is 9.87. The average molecular weight is 277 g/mol. The zero-order chi connectivity index (χ0) is 14.6. The Morgan fingerprint density at radius 3 is 2.40 bits per heavy atom. The summed E-state index contributed by atoms with van der Waals surface area (Å²) in [5.41, 5.74) is 1.77. The molecule has 0 fully saturated rings. The van der Waals surface area contributed by atoms with Gasteiger partial charge in [0, 0.05) is 6.61 Å². The maximum atomic E-state index is 9.27. The molecule has 0 radical (unpaired) electrons. The molecule has 0 spiro atoms. The minimum atomic E-state index is 0.264. The first-order valence-electron chi connectivity index (χ1n) is 7.69. The number of benzene rings is 1. The molecule has 1 aromatic rings. The van der Waals surface area contributed by atoms with E-state index in [9.17, 15) is 5.21 Å². The van der Waals surface area contributed by atoms with Crippen molar-refractivity contribution in [2.45, 2.75) is 51.9 Å². The molecule has 0 amide bonds. The van der Waals surface area contributed by atoms with Crippen LogP contribution in [0, 0.1) is 5.92 Å². The quantitative estimate of drug-likeness (QED) is 0.291. The van der Waals surface area contributed by atoms with Crippen LogP contribution in [0.25, 0.3) is 0 Å². The molecule has 112 valence electrons. The van der Waals surface area contributed by atoms with Gasteiger partial charge in [0.25, 0.3) is 0 Å². The number of nitrogens with zero attached hydrogens (tertiary/aromatic N) is 1. The first-order valence-corrected chi connectivity index (χ1v) is 7.69. The Kier molecular flexibility index (Phi) is 8.72. The molecule has 2 N–H and O–H groups in total. The van der Waals surface area contributed by atoms with Gasteiger partial charge in [0.2, 0.25) is 0 Å². The first-order chi connectivity index (χ1) is 9.81. The van der Waals surface area contributed by atoms with Gasteiger partial charge in [0.15, 0.2) is 0 Å². The van der Waals surface area contributed by atoms with Crippen molar-refractivity contribution in [1.82, 2.24) is 0 Å². The molecule has 1 rings (SSSR count). The van der Waals surface area contributed by atoms with Crippen LogP contribution in [0.4, 0.5) is 0 Å². The number of oxime groups is 1. The average Bonchev–Trinajstić information content (AvgIpc) is 2.50. The van der Waals surface area contributed by atoms with Crippen molar-refractivity contribution in [2.24, 2.45) is 11.1 Å². The molecule has 0 aliphatic carbocycles. The second-order valence-corrected chi connectivity index (χ2v) is 5.34. The molecule has 1 atom stereocenters. The number of hydrogen-bond donors (Lipinski definition) is 2. The molecule has 1 unspecified atom stereocenters. The lowest BCUT2D eigenvalue weighted by molar-refractivity contribution is 0.275. The van der Waals surface area contributed by atoms with Crippen LogP contribution in [0.1, 0.15) is 57.4 Å². The van der Waals surface area contributed by atoms with Crippen LogP contribution >= 0.6 is 0 Å². The zero-order valence-corrected chi connectivity index (χ0v) is 12.5. The molecule has 0 bridgehead atoms. The van der Waals surface area contributed by atoms with Gasteiger partial charge in [-0.2, -0.15) is 0 Å². The second-order valence-electron chi connectivity index (χ2n) is 5.34. The molecule has 0 aliphatic heterocycles. The van der Waals surface area contributed by atoms with E-state index in [1.54, 1.807) is 0 Å². The molecule has 0 saturated heterocycles. The summed E-state index contributed by atoms with van der Waals surface area (Å²) in [5, 5.41) is 21.7. The Hall–Kier alpha value is -1.35. The van der Waals surface area contributed by atoms with Crippen molar-refractivity contribution in [3.8, 4) is 0 Å². The number of hydrogen-bond acceptors (Lipinski definition) is 3. The van der Waals surface area contributed by atoms with E-state index in [4.69, 9.17) is 5.11 Å². The van der Waals surface area contributed by atoms with Crippen LogP contribution in [-0.2, 0) is 0 Å². The number of unbranched alkanes of at least 4 members (excludes halogenated alkanes) is 2. The summed E-state index contributed by atoms with van der Waals surface area (Å²) in [5.74, 6) is 0.535. The molecule has 20 heavy (non-hydrogen) atoms. The highest BCUT2D eigenvalue weighted by atomic mass is 16.4. The monoisotopic (exact) mass is 277 g/mol. The smallest absolute Gasteiger partial charge is 0.0870 e. The Balaban J connectivity index is 2.61. The molecule has 1 aromatic carbocycles. The Morgan fingerprint density at radius 2 is 1.80 bits per heavy atom. The van der Waals surface area contributed by atoms with E-state index in [1.165, 1.54) is 12.8 Å². The largest absolute Gasteiger partial charge is 0.411 e. The van der Waals surface area contributed by atoms with E-state index in [0.29, 0.717) is 5.92 Å². The molecule has 0 saturated carbocycles. The van der Waals surface area contributed by atoms with Gasteiger partial charge in [-0.05, 0) is 30.7 Å². The fraction of sp³-hybridized carbons (Fsp3) is 0.588. The molecule has 0 aromatic heterocycles. The van der Waals surface area contributed by atoms with Gasteiger partial charge in [-0.1, -0.05) is 68.1 Å². The van der Waals surface area contributed by atoms with Crippen molar-refractivity contribution in [1.29, 1.82) is 0 Å². The van der Waals surface area contributed by atoms with E-state index in [-0.39, 0.29) is 6.61 Å². The topological polar surface area (TPSA) is 52.8 Å². The second kappa shape index (κ2) is 10.4. The lowest BCUT2D eigenvalue weighted by Crippen LogP contribution is -2.11. The molecule has 3 heteroatoms. The Bertz CT molecular complexity index is 376. The van der Waals surface area contributed by atoms with Crippen LogP contribution < -0.4 is 0 Å². The molecule has 3 nitrogen and oxygen atoms in total. The van der Waals surface area contributed by atoms with E-state index in [2.05, 4.69) is 12.1 Å². The summed E-state index contributed by atoms with van der Waals surface area (Å²) >= 11 is 0. The predicted molar refractivity (Wildman–Crippen MR) is 83.3 cm³/mol. The Morgan fingerprint density at radius 1 is 1.10 bits per heavy atom. The van der Waals surface area contributed by atoms with Gasteiger partial charge < -0.3 is 10.3 Å². The highest BCUT2D eigenvalue weighted by Gasteiger charge is 2.14. The third-order valence-electron chi connectivity index (χ3n) is 3.70. The van der Waals surface area contributed by atoms with Gasteiger partial charge >= 0.3 is 0 Å². The van der Waals surface area contributed by atoms with E-state index < -0.39 is 0 Å². The minimum Gasteiger partial charge on any atom is -0.411 e. The lowest BCUT2D eigenvalue weighted by atomic mass is 9.89. The molecular formula is C17H27NO2. The van der Waals surface area contributed by atoms with Gasteiger partial charge in [-0.25, -0.2) is 0 Å². The van der Waals surface area contributed by atoms with Crippen molar-refractivity contribution >= 4 is 5.71 Å². The number of aliphatic hydroxyl groups excluding tert-OH is 1. The standard InChI is InChI=1S/C17H27NO2/c1-2-3-9-15(10-7-8-13-19)14-17(18-20)16-11-5-4-6-12-16/h4-6,11-12,15,19-20H,2-3,7-10,13-14H2,1H3. The lowest BCUT2D eigenvalue weighted by Gasteiger charge is -2.17. The zero-order valence-electron chi connectivity index (χ0n) is 12.5. The highest BCUT2D eigenvalue weighted by Crippen LogP contribution is 2.22. The summed E-state index contributed by atoms with van der Waals surface area (Å²) in [6.45, 7) is 2.46. The number of rotatable bonds is 10. The van der Waals surface area contributed by atoms with E-state index >= 15 is 0 Å². The maximum absolute atomic E-state index is 9.27. The van der Waals surface area contributed by atoms with Crippen molar-refractivity contribution in [3.05, 3.63) is 35.9 Å². The third-order valence-corrected chi connectivity index (χ3v) is 3.70. The first kappa shape index (κ1) is 16.7. The van der Waals surface area contributed by atoms with Crippen LogP contribution in [0.2, 0.25) is 0 Å². The number of aliphatic hydroxyl groups is 1. The van der Waals surface area contributed by atoms with Crippen LogP contribution in [0.5, 0.6) is 0 Å². The maximum Gasteiger partial charge on any atom is 0.0870 e. The highest BCUT2D eigenvalue weighted by molar-refractivity contribution is 6.00. The van der Waals surface area contributed by atoms with Crippen molar-refractivity contribution in [3.63, 3.8) is 0 Å². The third kappa shape index (κ3) is 6.20. The fourth-order valence-corrected chi connectivity index (χ4v) is 2.51. The van der Waals surface area contributed by atoms with Gasteiger partial charge in [-0.15, -0.1) is 0 Å². The predicted octanol–water partition coefficient (Wildman–Crippen LogP) is 4.22. The van der Waals surface area contributed by atoms with Gasteiger partial charge in [0.1, 0.15) is 0 Å². The molecule has 0 heterocycles. The summed E-state index contributed by atoms with van der Waals surface area (Å²) in [4.78, 5) is 0. The Labute approximate surface area is 122 Å². The van der Waals surface area contributed by atoms with Gasteiger partial charge in [0.05, 0.1) is 5.71 Å². The normalized spacial score (nSPS) is 13.4. The van der Waals surface area contributed by atoms with Gasteiger partial charge in [-0.3, -0.25) is 0 Å². The van der Waals surface area contributed by atoms with E-state index in [0.717, 1.165) is 43.4 Å². The fourth-order valence-electron chi connectivity index (χ4n) is 2.51. The SMILES string of the molecule is CCCCC(CCCCO)CC(=NO)c1ccccc1. The van der Waals surface area contributed by atoms with E-state index in [1.807, 2.05) is 30.3 Å². The van der Waals surface area contributed by atoms with Crippen molar-refractivity contribution in [2.75, 3.05) is 6.61 Å². The van der Waals surface area contributed by atoms with Crippen molar-refractivity contribution < 1.29 is 10.3 Å².